The second-order valence-corrected chi connectivity index (χ2v) is 4.74. The summed E-state index contributed by atoms with van der Waals surface area (Å²) in [5.41, 5.74) is 0.803. The van der Waals surface area contributed by atoms with Crippen LogP contribution in [0.3, 0.4) is 0 Å². The van der Waals surface area contributed by atoms with Crippen LogP contribution in [0.15, 0.2) is 25.0 Å². The molecule has 1 unspecified atom stereocenters. The van der Waals surface area contributed by atoms with Gasteiger partial charge in [-0.05, 0) is 6.92 Å². The summed E-state index contributed by atoms with van der Waals surface area (Å²) >= 11 is 0. The van der Waals surface area contributed by atoms with Crippen LogP contribution in [0.2, 0.25) is 0 Å². The minimum atomic E-state index is -3.27. The molecule has 2 N–H and O–H groups in total. The molecule has 1 aromatic rings. The van der Waals surface area contributed by atoms with E-state index in [0.29, 0.717) is 0 Å². The van der Waals surface area contributed by atoms with E-state index in [2.05, 4.69) is 21.5 Å². The van der Waals surface area contributed by atoms with E-state index in [0.717, 1.165) is 5.56 Å². The number of H-pyrrole nitrogens is 1. The number of nitrogens with zero attached hydrogens (tertiary/aromatic N) is 1. The first kappa shape index (κ1) is 10.9. The zero-order chi connectivity index (χ0) is 10.6. The van der Waals surface area contributed by atoms with Crippen LogP contribution >= 0.6 is 0 Å². The summed E-state index contributed by atoms with van der Waals surface area (Å²) in [6, 6.07) is -0.279. The van der Waals surface area contributed by atoms with Crippen LogP contribution in [0, 0.1) is 0 Å². The van der Waals surface area contributed by atoms with E-state index in [4.69, 9.17) is 0 Å². The van der Waals surface area contributed by atoms with Gasteiger partial charge >= 0.3 is 0 Å². The number of sulfonamides is 1. The molecule has 0 saturated carbocycles. The normalized spacial score (nSPS) is 13.8. The van der Waals surface area contributed by atoms with Gasteiger partial charge in [-0.2, -0.15) is 5.10 Å². The van der Waals surface area contributed by atoms with Crippen LogP contribution in [-0.4, -0.2) is 24.4 Å². The fourth-order valence-corrected chi connectivity index (χ4v) is 2.12. The summed E-state index contributed by atoms with van der Waals surface area (Å²) in [5.74, 6) is -0.0742. The molecule has 0 saturated heterocycles. The average Bonchev–Trinajstić information content (AvgIpc) is 2.53. The average molecular weight is 215 g/mol. The van der Waals surface area contributed by atoms with Crippen LogP contribution in [0.25, 0.3) is 0 Å². The van der Waals surface area contributed by atoms with Gasteiger partial charge < -0.3 is 0 Å². The minimum absolute atomic E-state index is 0.0742. The SMILES string of the molecule is C=CCS(=O)(=O)NC(C)c1cn[nH]c1. The molecular formula is C8H13N3O2S. The lowest BCUT2D eigenvalue weighted by Gasteiger charge is -2.10. The van der Waals surface area contributed by atoms with Crippen molar-refractivity contribution in [1.29, 1.82) is 0 Å². The fraction of sp³-hybridized carbons (Fsp3) is 0.375. The number of nitrogens with one attached hydrogen (secondary N) is 2. The molecule has 1 atom stereocenters. The standard InChI is InChI=1S/C8H13N3O2S/c1-3-4-14(12,13)11-7(2)8-5-9-10-6-8/h3,5-7,11H,1,4H2,2H3,(H,9,10). The Morgan fingerprint density at radius 1 is 1.79 bits per heavy atom. The Labute approximate surface area is 83.3 Å². The third kappa shape index (κ3) is 2.97. The molecular weight excluding hydrogens is 202 g/mol. The van der Waals surface area contributed by atoms with Crippen LogP contribution in [0.4, 0.5) is 0 Å². The molecule has 0 amide bonds. The molecule has 0 aliphatic carbocycles. The molecule has 0 radical (unpaired) electrons. The van der Waals surface area contributed by atoms with Crippen LogP contribution in [0.5, 0.6) is 0 Å². The maximum absolute atomic E-state index is 11.3. The van der Waals surface area contributed by atoms with E-state index >= 15 is 0 Å². The van der Waals surface area contributed by atoms with E-state index in [-0.39, 0.29) is 11.8 Å². The molecule has 5 nitrogen and oxygen atoms in total. The third-order valence-electron chi connectivity index (χ3n) is 1.71. The molecule has 0 bridgehead atoms. The lowest BCUT2D eigenvalue weighted by Crippen LogP contribution is -2.28. The van der Waals surface area contributed by atoms with Crippen molar-refractivity contribution in [3.63, 3.8) is 0 Å². The van der Waals surface area contributed by atoms with E-state index in [9.17, 15) is 8.42 Å². The van der Waals surface area contributed by atoms with Gasteiger partial charge in [-0.25, -0.2) is 13.1 Å². The van der Waals surface area contributed by atoms with E-state index in [1.54, 1.807) is 19.3 Å². The molecule has 14 heavy (non-hydrogen) atoms. The lowest BCUT2D eigenvalue weighted by molar-refractivity contribution is 0.570. The first-order valence-electron chi connectivity index (χ1n) is 4.15. The third-order valence-corrected chi connectivity index (χ3v) is 3.10. The smallest absolute Gasteiger partial charge is 0.215 e. The molecule has 78 valence electrons. The highest BCUT2D eigenvalue weighted by Gasteiger charge is 2.14. The topological polar surface area (TPSA) is 74.8 Å². The van der Waals surface area contributed by atoms with Gasteiger partial charge in [0.05, 0.1) is 11.9 Å². The Morgan fingerprint density at radius 2 is 2.50 bits per heavy atom. The molecule has 1 rings (SSSR count). The first-order chi connectivity index (χ1) is 6.55. The zero-order valence-electron chi connectivity index (χ0n) is 7.90. The van der Waals surface area contributed by atoms with Crippen molar-refractivity contribution >= 4 is 10.0 Å². The predicted molar refractivity (Wildman–Crippen MR) is 54.1 cm³/mol. The minimum Gasteiger partial charge on any atom is -0.285 e. The molecule has 0 aliphatic heterocycles. The summed E-state index contributed by atoms with van der Waals surface area (Å²) < 4.78 is 25.1. The summed E-state index contributed by atoms with van der Waals surface area (Å²) in [5, 5.41) is 6.36. The molecule has 0 spiro atoms. The quantitative estimate of drug-likeness (QED) is 0.705. The largest absolute Gasteiger partial charge is 0.285 e. The molecule has 0 fully saturated rings. The lowest BCUT2D eigenvalue weighted by atomic mass is 10.2. The summed E-state index contributed by atoms with van der Waals surface area (Å²) in [7, 11) is -3.27. The van der Waals surface area contributed by atoms with Gasteiger partial charge in [-0.1, -0.05) is 6.08 Å². The van der Waals surface area contributed by atoms with Gasteiger partial charge in [0, 0.05) is 17.8 Å². The van der Waals surface area contributed by atoms with Crippen molar-refractivity contribution in [1.82, 2.24) is 14.9 Å². The van der Waals surface area contributed by atoms with Gasteiger partial charge in [-0.3, -0.25) is 5.10 Å². The summed E-state index contributed by atoms with van der Waals surface area (Å²) in [4.78, 5) is 0. The van der Waals surface area contributed by atoms with Crippen LogP contribution in [-0.2, 0) is 10.0 Å². The molecule has 1 heterocycles. The second kappa shape index (κ2) is 4.39. The van der Waals surface area contributed by atoms with Crippen molar-refractivity contribution in [2.45, 2.75) is 13.0 Å². The number of hydrogen-bond acceptors (Lipinski definition) is 3. The van der Waals surface area contributed by atoms with E-state index in [1.165, 1.54) is 6.08 Å². The van der Waals surface area contributed by atoms with Gasteiger partial charge in [0.15, 0.2) is 0 Å². The molecule has 0 aromatic carbocycles. The maximum atomic E-state index is 11.3. The first-order valence-corrected chi connectivity index (χ1v) is 5.80. The molecule has 0 aliphatic rings. The Bertz CT molecular complexity index is 383. The van der Waals surface area contributed by atoms with E-state index in [1.807, 2.05) is 0 Å². The Morgan fingerprint density at radius 3 is 3.00 bits per heavy atom. The van der Waals surface area contributed by atoms with Crippen molar-refractivity contribution in [2.24, 2.45) is 0 Å². The predicted octanol–water partition coefficient (Wildman–Crippen LogP) is 0.576. The maximum Gasteiger partial charge on any atom is 0.215 e. The number of rotatable bonds is 5. The molecule has 1 aromatic heterocycles. The summed E-state index contributed by atoms with van der Waals surface area (Å²) in [6.45, 7) is 5.13. The molecule has 6 heteroatoms. The Balaban J connectivity index is 2.66. The van der Waals surface area contributed by atoms with Gasteiger partial charge in [0.1, 0.15) is 0 Å². The van der Waals surface area contributed by atoms with Crippen molar-refractivity contribution in [2.75, 3.05) is 5.75 Å². The fourth-order valence-electron chi connectivity index (χ4n) is 1.04. The van der Waals surface area contributed by atoms with Crippen molar-refractivity contribution in [3.8, 4) is 0 Å². The zero-order valence-corrected chi connectivity index (χ0v) is 8.71. The highest BCUT2D eigenvalue weighted by molar-refractivity contribution is 7.89. The Kier molecular flexibility index (Phi) is 3.43. The van der Waals surface area contributed by atoms with Gasteiger partial charge in [-0.15, -0.1) is 6.58 Å². The number of aromatic amines is 1. The highest BCUT2D eigenvalue weighted by atomic mass is 32.2. The van der Waals surface area contributed by atoms with Crippen molar-refractivity contribution in [3.05, 3.63) is 30.6 Å². The Hall–Kier alpha value is -1.14. The van der Waals surface area contributed by atoms with Crippen LogP contribution in [0.1, 0.15) is 18.5 Å². The van der Waals surface area contributed by atoms with E-state index < -0.39 is 10.0 Å². The number of hydrogen-bond donors (Lipinski definition) is 2. The summed E-state index contributed by atoms with van der Waals surface area (Å²) in [6.07, 6.45) is 4.59. The number of aromatic nitrogens is 2. The van der Waals surface area contributed by atoms with Gasteiger partial charge in [0.25, 0.3) is 0 Å². The highest BCUT2D eigenvalue weighted by Crippen LogP contribution is 2.10. The monoisotopic (exact) mass is 215 g/mol. The second-order valence-electron chi connectivity index (χ2n) is 2.94. The van der Waals surface area contributed by atoms with Gasteiger partial charge in [0.2, 0.25) is 10.0 Å². The van der Waals surface area contributed by atoms with Crippen LogP contribution < -0.4 is 4.72 Å². The van der Waals surface area contributed by atoms with Crippen molar-refractivity contribution < 1.29 is 8.42 Å².